The lowest BCUT2D eigenvalue weighted by atomic mass is 9.53. The molecule has 0 radical (unpaired) electrons. The second-order valence-corrected chi connectivity index (χ2v) is 9.73. The lowest BCUT2D eigenvalue weighted by Crippen LogP contribution is -2.59. The summed E-state index contributed by atoms with van der Waals surface area (Å²) in [7, 11) is -3.41. The molecular weight excluding hydrogens is 294 g/mol. The molecule has 0 atom stereocenters. The van der Waals surface area contributed by atoms with Crippen LogP contribution < -0.4 is 4.72 Å². The Morgan fingerprint density at radius 1 is 0.955 bits per heavy atom. The van der Waals surface area contributed by atoms with Crippen LogP contribution in [0.3, 0.4) is 0 Å². The molecule has 4 fully saturated rings. The molecule has 0 saturated heterocycles. The first-order chi connectivity index (χ1) is 10.4. The van der Waals surface area contributed by atoms with Gasteiger partial charge in [-0.25, -0.2) is 13.1 Å². The van der Waals surface area contributed by atoms with Gasteiger partial charge in [0.2, 0.25) is 10.0 Å². The molecule has 4 aliphatic carbocycles. The number of aryl methyl sites for hydroxylation is 2. The summed E-state index contributed by atoms with van der Waals surface area (Å²) in [6.07, 6.45) is 7.11. The monoisotopic (exact) mass is 319 g/mol. The maximum Gasteiger partial charge on any atom is 0.241 e. The molecule has 22 heavy (non-hydrogen) atoms. The third-order valence-electron chi connectivity index (χ3n) is 6.18. The zero-order chi connectivity index (χ0) is 15.5. The average Bonchev–Trinajstić information content (AvgIpc) is 2.38. The predicted molar refractivity (Wildman–Crippen MR) is 87.1 cm³/mol. The number of sulfonamides is 1. The number of rotatable bonds is 3. The zero-order valence-corrected chi connectivity index (χ0v) is 14.2. The van der Waals surface area contributed by atoms with Crippen molar-refractivity contribution in [1.82, 2.24) is 4.72 Å². The molecule has 4 bridgehead atoms. The Kier molecular flexibility index (Phi) is 3.22. The fraction of sp³-hybridized carbons (Fsp3) is 0.667. The molecule has 4 saturated carbocycles. The largest absolute Gasteiger partial charge is 0.241 e. The van der Waals surface area contributed by atoms with Gasteiger partial charge in [0, 0.05) is 5.54 Å². The van der Waals surface area contributed by atoms with Gasteiger partial charge in [-0.15, -0.1) is 0 Å². The lowest BCUT2D eigenvalue weighted by molar-refractivity contribution is -0.00810. The zero-order valence-electron chi connectivity index (χ0n) is 13.4. The lowest BCUT2D eigenvalue weighted by Gasteiger charge is -2.56. The van der Waals surface area contributed by atoms with E-state index in [2.05, 4.69) is 4.72 Å². The highest BCUT2D eigenvalue weighted by Gasteiger charge is 2.52. The summed E-state index contributed by atoms with van der Waals surface area (Å²) < 4.78 is 28.9. The Balaban J connectivity index is 1.63. The van der Waals surface area contributed by atoms with E-state index in [4.69, 9.17) is 0 Å². The van der Waals surface area contributed by atoms with Gasteiger partial charge < -0.3 is 0 Å². The molecule has 120 valence electrons. The van der Waals surface area contributed by atoms with Gasteiger partial charge in [-0.1, -0.05) is 6.07 Å². The standard InChI is InChI=1S/C18H25NO2S/c1-12-3-4-17(5-13(12)2)22(20,21)19-18-9-14-6-15(10-18)8-16(7-14)11-18/h3-5,14-16,19H,6-11H2,1-2H3. The number of hydrogen-bond donors (Lipinski definition) is 1. The van der Waals surface area contributed by atoms with E-state index in [0.717, 1.165) is 48.1 Å². The quantitative estimate of drug-likeness (QED) is 0.926. The van der Waals surface area contributed by atoms with Gasteiger partial charge in [0.15, 0.2) is 0 Å². The molecule has 1 N–H and O–H groups in total. The van der Waals surface area contributed by atoms with Gasteiger partial charge in [0.05, 0.1) is 4.90 Å². The summed E-state index contributed by atoms with van der Waals surface area (Å²) in [5.74, 6) is 2.23. The van der Waals surface area contributed by atoms with Gasteiger partial charge in [0.1, 0.15) is 0 Å². The van der Waals surface area contributed by atoms with Crippen molar-refractivity contribution in [2.75, 3.05) is 0 Å². The smallest absolute Gasteiger partial charge is 0.207 e. The van der Waals surface area contributed by atoms with Crippen molar-refractivity contribution in [3.63, 3.8) is 0 Å². The Hall–Kier alpha value is -0.870. The van der Waals surface area contributed by atoms with E-state index < -0.39 is 10.0 Å². The van der Waals surface area contributed by atoms with Gasteiger partial charge in [0.25, 0.3) is 0 Å². The maximum absolute atomic E-state index is 12.9. The second-order valence-electron chi connectivity index (χ2n) is 8.05. The van der Waals surface area contributed by atoms with E-state index in [1.54, 1.807) is 12.1 Å². The Morgan fingerprint density at radius 3 is 2.00 bits per heavy atom. The molecule has 0 spiro atoms. The van der Waals surface area contributed by atoms with Crippen LogP contribution >= 0.6 is 0 Å². The van der Waals surface area contributed by atoms with Crippen LogP contribution in [0.25, 0.3) is 0 Å². The molecule has 0 heterocycles. The van der Waals surface area contributed by atoms with Crippen molar-refractivity contribution in [2.45, 2.75) is 62.8 Å². The van der Waals surface area contributed by atoms with Crippen LogP contribution in [0, 0.1) is 31.6 Å². The van der Waals surface area contributed by atoms with Crippen LogP contribution in [-0.4, -0.2) is 14.0 Å². The van der Waals surface area contributed by atoms with E-state index in [9.17, 15) is 8.42 Å². The molecule has 1 aromatic carbocycles. The molecule has 0 aromatic heterocycles. The predicted octanol–water partition coefficient (Wildman–Crippen LogP) is 3.55. The number of nitrogens with one attached hydrogen (secondary N) is 1. The summed E-state index contributed by atoms with van der Waals surface area (Å²) in [6, 6.07) is 5.45. The number of benzene rings is 1. The fourth-order valence-electron chi connectivity index (χ4n) is 5.46. The maximum atomic E-state index is 12.9. The molecule has 5 rings (SSSR count). The Bertz CT molecular complexity index is 673. The van der Waals surface area contributed by atoms with Crippen molar-refractivity contribution < 1.29 is 8.42 Å². The van der Waals surface area contributed by atoms with Crippen LogP contribution in [0.5, 0.6) is 0 Å². The van der Waals surface area contributed by atoms with Crippen LogP contribution in [0.1, 0.15) is 49.7 Å². The van der Waals surface area contributed by atoms with E-state index in [-0.39, 0.29) is 5.54 Å². The summed E-state index contributed by atoms with van der Waals surface area (Å²) in [6.45, 7) is 3.98. The van der Waals surface area contributed by atoms with Crippen molar-refractivity contribution in [3.05, 3.63) is 29.3 Å². The minimum atomic E-state index is -3.41. The van der Waals surface area contributed by atoms with Gasteiger partial charge in [-0.05, 0) is 93.4 Å². The van der Waals surface area contributed by atoms with Crippen molar-refractivity contribution in [1.29, 1.82) is 0 Å². The fourth-order valence-corrected chi connectivity index (χ4v) is 6.98. The van der Waals surface area contributed by atoms with E-state index >= 15 is 0 Å². The molecule has 1 aromatic rings. The van der Waals surface area contributed by atoms with Crippen molar-refractivity contribution >= 4 is 10.0 Å². The topological polar surface area (TPSA) is 46.2 Å². The molecule has 0 unspecified atom stereocenters. The summed E-state index contributed by atoms with van der Waals surface area (Å²) in [5.41, 5.74) is 2.01. The minimum Gasteiger partial charge on any atom is -0.207 e. The van der Waals surface area contributed by atoms with Crippen molar-refractivity contribution in [3.8, 4) is 0 Å². The normalized spacial score (nSPS) is 36.7. The van der Waals surface area contributed by atoms with Crippen molar-refractivity contribution in [2.24, 2.45) is 17.8 Å². The summed E-state index contributed by atoms with van der Waals surface area (Å²) in [5, 5.41) is 0. The third kappa shape index (κ3) is 2.41. The highest BCUT2D eigenvalue weighted by atomic mass is 32.2. The van der Waals surface area contributed by atoms with Crippen LogP contribution in [-0.2, 0) is 10.0 Å². The van der Waals surface area contributed by atoms with Crippen LogP contribution in [0.15, 0.2) is 23.1 Å². The van der Waals surface area contributed by atoms with E-state index in [1.165, 1.54) is 19.3 Å². The third-order valence-corrected chi connectivity index (χ3v) is 7.75. The first kappa shape index (κ1) is 14.7. The molecule has 4 heteroatoms. The van der Waals surface area contributed by atoms with E-state index in [1.807, 2.05) is 19.9 Å². The SMILES string of the molecule is Cc1ccc(S(=O)(=O)NC23CC4CC(CC(C4)C2)C3)cc1C. The highest BCUT2D eigenvalue weighted by Crippen LogP contribution is 2.55. The Labute approximate surface area is 133 Å². The summed E-state index contributed by atoms with van der Waals surface area (Å²) in [4.78, 5) is 0.423. The Morgan fingerprint density at radius 2 is 1.50 bits per heavy atom. The van der Waals surface area contributed by atoms with Gasteiger partial charge in [-0.3, -0.25) is 0 Å². The van der Waals surface area contributed by atoms with Crippen LogP contribution in [0.4, 0.5) is 0 Å². The van der Waals surface area contributed by atoms with Gasteiger partial charge in [-0.2, -0.15) is 0 Å². The van der Waals surface area contributed by atoms with E-state index in [0.29, 0.717) is 4.90 Å². The minimum absolute atomic E-state index is 0.160. The molecule has 4 aliphatic rings. The molecule has 3 nitrogen and oxygen atoms in total. The average molecular weight is 319 g/mol. The summed E-state index contributed by atoms with van der Waals surface area (Å²) >= 11 is 0. The first-order valence-corrected chi connectivity index (χ1v) is 9.95. The number of hydrogen-bond acceptors (Lipinski definition) is 2. The van der Waals surface area contributed by atoms with Crippen LogP contribution in [0.2, 0.25) is 0 Å². The second kappa shape index (κ2) is 4.81. The molecular formula is C18H25NO2S. The first-order valence-electron chi connectivity index (χ1n) is 8.46. The van der Waals surface area contributed by atoms with Gasteiger partial charge >= 0.3 is 0 Å². The highest BCUT2D eigenvalue weighted by molar-refractivity contribution is 7.89. The molecule has 0 amide bonds. The molecule has 0 aliphatic heterocycles.